The predicted molar refractivity (Wildman–Crippen MR) is 44.1 cm³/mol. The number of rotatable bonds is 0. The Kier molecular flexibility index (Phi) is 21.3. The SMILES string of the molecule is [Cl-].[Cl-].[Sc].c1cc[cH-]c1.c1cc[cH-]c1. The summed E-state index contributed by atoms with van der Waals surface area (Å²) in [5.74, 6) is 0. The molecule has 0 nitrogen and oxygen atoms in total. The van der Waals surface area contributed by atoms with Gasteiger partial charge in [-0.2, -0.15) is 36.4 Å². The molecule has 0 bridgehead atoms. The summed E-state index contributed by atoms with van der Waals surface area (Å²) in [6.45, 7) is 0. The van der Waals surface area contributed by atoms with Crippen LogP contribution >= 0.6 is 0 Å². The van der Waals surface area contributed by atoms with Crippen molar-refractivity contribution in [3.63, 3.8) is 0 Å². The van der Waals surface area contributed by atoms with Crippen LogP contribution in [0.4, 0.5) is 0 Å². The summed E-state index contributed by atoms with van der Waals surface area (Å²) in [6.07, 6.45) is 0. The van der Waals surface area contributed by atoms with Crippen molar-refractivity contribution in [2.45, 2.75) is 0 Å². The summed E-state index contributed by atoms with van der Waals surface area (Å²) in [7, 11) is 0. The van der Waals surface area contributed by atoms with Crippen molar-refractivity contribution < 1.29 is 50.7 Å². The fraction of sp³-hybridized carbons (Fsp3) is 0. The Labute approximate surface area is 111 Å². The second kappa shape index (κ2) is 14.7. The van der Waals surface area contributed by atoms with E-state index in [0.29, 0.717) is 0 Å². The van der Waals surface area contributed by atoms with E-state index in [1.165, 1.54) is 0 Å². The molecular weight excluding hydrogens is 236 g/mol. The maximum atomic E-state index is 2.00. The van der Waals surface area contributed by atoms with E-state index in [2.05, 4.69) is 0 Å². The van der Waals surface area contributed by atoms with E-state index in [9.17, 15) is 0 Å². The maximum absolute atomic E-state index is 2.00. The summed E-state index contributed by atoms with van der Waals surface area (Å²) < 4.78 is 0. The number of hydrogen-bond acceptors (Lipinski definition) is 0. The van der Waals surface area contributed by atoms with Gasteiger partial charge in [0.25, 0.3) is 0 Å². The van der Waals surface area contributed by atoms with E-state index in [4.69, 9.17) is 0 Å². The quantitative estimate of drug-likeness (QED) is 0.430. The normalized spacial score (nSPS) is 6.15. The van der Waals surface area contributed by atoms with Gasteiger partial charge >= 0.3 is 0 Å². The molecule has 0 aliphatic rings. The first-order chi connectivity index (χ1) is 5.00. The van der Waals surface area contributed by atoms with E-state index in [0.717, 1.165) is 0 Å². The fourth-order valence-electron chi connectivity index (χ4n) is 0.642. The third-order valence-corrected chi connectivity index (χ3v) is 1.11. The van der Waals surface area contributed by atoms with Crippen LogP contribution in [-0.2, 0) is 25.8 Å². The van der Waals surface area contributed by atoms with Crippen LogP contribution in [0.1, 0.15) is 0 Å². The van der Waals surface area contributed by atoms with Crippen LogP contribution in [0.25, 0.3) is 0 Å². The van der Waals surface area contributed by atoms with Crippen LogP contribution in [0, 0.1) is 0 Å². The van der Waals surface area contributed by atoms with Crippen LogP contribution in [0.2, 0.25) is 0 Å². The average molecular weight is 246 g/mol. The Balaban J connectivity index is -0.000000125. The molecule has 0 spiro atoms. The smallest absolute Gasteiger partial charge is 0 e. The van der Waals surface area contributed by atoms with Gasteiger partial charge in [0.2, 0.25) is 0 Å². The fourth-order valence-corrected chi connectivity index (χ4v) is 0.642. The van der Waals surface area contributed by atoms with Gasteiger partial charge in [0, 0.05) is 25.8 Å². The Morgan fingerprint density at radius 1 is 0.538 bits per heavy atom. The molecule has 0 saturated carbocycles. The van der Waals surface area contributed by atoms with Crippen molar-refractivity contribution in [2.75, 3.05) is 0 Å². The molecular formula is C10H10Cl2Sc-4. The zero-order valence-corrected chi connectivity index (χ0v) is 10.4. The molecule has 0 fully saturated rings. The van der Waals surface area contributed by atoms with E-state index < -0.39 is 0 Å². The van der Waals surface area contributed by atoms with Crippen molar-refractivity contribution in [2.24, 2.45) is 0 Å². The molecule has 3 heteroatoms. The molecule has 2 aromatic carbocycles. The molecule has 0 amide bonds. The first kappa shape index (κ1) is 18.8. The first-order valence-electron chi connectivity index (χ1n) is 3.33. The van der Waals surface area contributed by atoms with Crippen LogP contribution in [0.3, 0.4) is 0 Å². The summed E-state index contributed by atoms with van der Waals surface area (Å²) in [5.41, 5.74) is 0. The molecule has 13 heavy (non-hydrogen) atoms. The van der Waals surface area contributed by atoms with Crippen LogP contribution in [0.15, 0.2) is 60.7 Å². The topological polar surface area (TPSA) is 0 Å². The molecule has 0 aromatic heterocycles. The third kappa shape index (κ3) is 12.2. The minimum absolute atomic E-state index is 0. The molecule has 0 unspecified atom stereocenters. The summed E-state index contributed by atoms with van der Waals surface area (Å²) in [4.78, 5) is 0. The van der Waals surface area contributed by atoms with Crippen LogP contribution in [0.5, 0.6) is 0 Å². The zero-order chi connectivity index (χ0) is 7.07. The molecule has 0 N–H and O–H groups in total. The Bertz CT molecular complexity index is 152. The van der Waals surface area contributed by atoms with Gasteiger partial charge in [-0.25, -0.2) is 24.3 Å². The molecule has 2 rings (SSSR count). The minimum atomic E-state index is 0. The zero-order valence-electron chi connectivity index (χ0n) is 7.11. The standard InChI is InChI=1S/2C5H5.2ClH.Sc/c2*1-2-4-5-3-1;;;/h2*1-5H;2*1H;/q2*-1;;;/p-2. The van der Waals surface area contributed by atoms with Crippen molar-refractivity contribution in [3.05, 3.63) is 60.7 Å². The van der Waals surface area contributed by atoms with E-state index in [1.54, 1.807) is 0 Å². The second-order valence-electron chi connectivity index (χ2n) is 1.92. The summed E-state index contributed by atoms with van der Waals surface area (Å²) in [5, 5.41) is 0. The van der Waals surface area contributed by atoms with Crippen molar-refractivity contribution >= 4 is 0 Å². The number of halogens is 2. The van der Waals surface area contributed by atoms with Gasteiger partial charge < -0.3 is 24.8 Å². The minimum Gasteiger partial charge on any atom is -1.00 e. The third-order valence-electron chi connectivity index (χ3n) is 1.11. The Morgan fingerprint density at radius 2 is 0.769 bits per heavy atom. The first-order valence-corrected chi connectivity index (χ1v) is 3.33. The van der Waals surface area contributed by atoms with Crippen molar-refractivity contribution in [1.82, 2.24) is 0 Å². The average Bonchev–Trinajstić information content (AvgIpc) is 2.67. The van der Waals surface area contributed by atoms with Gasteiger partial charge in [-0.15, -0.1) is 0 Å². The molecule has 2 aromatic rings. The summed E-state index contributed by atoms with van der Waals surface area (Å²) in [6, 6.07) is 20.0. The van der Waals surface area contributed by atoms with E-state index in [1.807, 2.05) is 60.7 Å². The Hall–Kier alpha value is 0.150. The number of hydrogen-bond donors (Lipinski definition) is 0. The van der Waals surface area contributed by atoms with Gasteiger partial charge in [0.1, 0.15) is 0 Å². The molecule has 0 aliphatic heterocycles. The maximum Gasteiger partial charge on any atom is 0 e. The monoisotopic (exact) mass is 245 g/mol. The molecule has 0 atom stereocenters. The molecule has 71 valence electrons. The summed E-state index contributed by atoms with van der Waals surface area (Å²) >= 11 is 0. The van der Waals surface area contributed by atoms with Gasteiger partial charge in [0.05, 0.1) is 0 Å². The van der Waals surface area contributed by atoms with Gasteiger partial charge in [0.15, 0.2) is 0 Å². The van der Waals surface area contributed by atoms with Crippen LogP contribution < -0.4 is 24.8 Å². The van der Waals surface area contributed by atoms with Gasteiger partial charge in [-0.3, -0.25) is 0 Å². The van der Waals surface area contributed by atoms with E-state index in [-0.39, 0.29) is 50.7 Å². The molecule has 0 aliphatic carbocycles. The van der Waals surface area contributed by atoms with Gasteiger partial charge in [-0.05, 0) is 0 Å². The van der Waals surface area contributed by atoms with Crippen LogP contribution in [-0.4, -0.2) is 0 Å². The second-order valence-corrected chi connectivity index (χ2v) is 1.92. The molecule has 0 saturated heterocycles. The van der Waals surface area contributed by atoms with E-state index >= 15 is 0 Å². The molecule has 0 heterocycles. The van der Waals surface area contributed by atoms with Crippen molar-refractivity contribution in [1.29, 1.82) is 0 Å². The molecule has 1 radical (unpaired) electrons. The largest absolute Gasteiger partial charge is 1.00 e. The predicted octanol–water partition coefficient (Wildman–Crippen LogP) is -3.18. The Morgan fingerprint density at radius 3 is 0.846 bits per heavy atom. The van der Waals surface area contributed by atoms with Crippen molar-refractivity contribution in [3.8, 4) is 0 Å². The van der Waals surface area contributed by atoms with Gasteiger partial charge in [-0.1, -0.05) is 0 Å².